The summed E-state index contributed by atoms with van der Waals surface area (Å²) < 4.78 is 59.4. The van der Waals surface area contributed by atoms with Crippen LogP contribution in [0.1, 0.15) is 47.7 Å². The lowest BCUT2D eigenvalue weighted by molar-refractivity contribution is -0.137. The molecule has 0 atom stereocenters. The van der Waals surface area contributed by atoms with E-state index in [4.69, 9.17) is 4.74 Å². The van der Waals surface area contributed by atoms with Crippen molar-refractivity contribution in [3.8, 4) is 11.5 Å². The molecule has 1 heterocycles. The number of ether oxygens (including phenoxy) is 1. The first-order valence-corrected chi connectivity index (χ1v) is 15.3. The van der Waals surface area contributed by atoms with Gasteiger partial charge >= 0.3 is 6.18 Å². The fraction of sp³-hybridized carbons (Fsp3) is 0.303. The number of amides is 1. The summed E-state index contributed by atoms with van der Waals surface area (Å²) in [5, 5.41) is 0.467. The summed E-state index contributed by atoms with van der Waals surface area (Å²) in [5.41, 5.74) is 2.24. The zero-order chi connectivity index (χ0) is 31.3. The van der Waals surface area contributed by atoms with Crippen molar-refractivity contribution in [2.45, 2.75) is 62.8 Å². The molecule has 0 saturated heterocycles. The molecule has 0 fully saturated rings. The average molecular weight is 626 g/mol. The maximum atomic E-state index is 13.7. The molecule has 0 unspecified atom stereocenters. The van der Waals surface area contributed by atoms with E-state index in [1.807, 2.05) is 23.6 Å². The van der Waals surface area contributed by atoms with Gasteiger partial charge in [-0.2, -0.15) is 18.2 Å². The van der Waals surface area contributed by atoms with Gasteiger partial charge in [-0.1, -0.05) is 43.0 Å². The van der Waals surface area contributed by atoms with Gasteiger partial charge in [0.25, 0.3) is 5.56 Å². The molecule has 0 radical (unpaired) electrons. The smallest absolute Gasteiger partial charge is 0.416 e. The zero-order valence-electron chi connectivity index (χ0n) is 24.1. The molecule has 1 aromatic heterocycles. The quantitative estimate of drug-likeness (QED) is 0.0987. The SMILES string of the molecule is CCCN(Cc1ccc(Oc2ccc(C(F)(F)F)cc2)cc1)C(=O)Cn1c(SCc2ccc(F)cc2)nc(=O)c2c1CCC2. The van der Waals surface area contributed by atoms with Crippen molar-refractivity contribution >= 4 is 17.7 Å². The van der Waals surface area contributed by atoms with Crippen molar-refractivity contribution in [3.63, 3.8) is 0 Å². The Morgan fingerprint density at radius 1 is 0.955 bits per heavy atom. The number of alkyl halides is 3. The second-order valence-electron chi connectivity index (χ2n) is 10.6. The summed E-state index contributed by atoms with van der Waals surface area (Å²) >= 11 is 1.35. The number of rotatable bonds is 11. The summed E-state index contributed by atoms with van der Waals surface area (Å²) in [7, 11) is 0. The van der Waals surface area contributed by atoms with Crippen LogP contribution in [0, 0.1) is 5.82 Å². The van der Waals surface area contributed by atoms with Crippen molar-refractivity contribution in [2.24, 2.45) is 0 Å². The first-order chi connectivity index (χ1) is 21.1. The molecule has 1 aliphatic carbocycles. The number of hydrogen-bond acceptors (Lipinski definition) is 5. The van der Waals surface area contributed by atoms with E-state index in [0.717, 1.165) is 41.8 Å². The lowest BCUT2D eigenvalue weighted by atomic mass is 10.2. The standard InChI is InChI=1S/C33H31F4N3O3S/c1-2-18-39(19-22-8-14-26(15-9-22)43-27-16-10-24(11-17-27)33(35,36)37)30(41)20-40-29-5-3-4-28(29)31(42)38-32(40)44-21-23-6-12-25(34)13-7-23/h6-17H,2-5,18-21H2,1H3. The Bertz CT molecular complexity index is 1650. The van der Waals surface area contributed by atoms with Crippen LogP contribution in [0.5, 0.6) is 11.5 Å². The predicted octanol–water partition coefficient (Wildman–Crippen LogP) is 7.41. The van der Waals surface area contributed by atoms with Crippen LogP contribution in [0.15, 0.2) is 82.7 Å². The van der Waals surface area contributed by atoms with E-state index < -0.39 is 11.7 Å². The number of nitrogens with zero attached hydrogens (tertiary/aromatic N) is 3. The third-order valence-corrected chi connectivity index (χ3v) is 8.38. The van der Waals surface area contributed by atoms with Crippen LogP contribution >= 0.6 is 11.8 Å². The van der Waals surface area contributed by atoms with Crippen molar-refractivity contribution in [1.82, 2.24) is 14.5 Å². The molecular weight excluding hydrogens is 594 g/mol. The van der Waals surface area contributed by atoms with Crippen LogP contribution in [-0.2, 0) is 42.7 Å². The molecule has 1 aliphatic rings. The van der Waals surface area contributed by atoms with Crippen LogP contribution in [0.2, 0.25) is 0 Å². The summed E-state index contributed by atoms with van der Waals surface area (Å²) in [4.78, 5) is 32.6. The molecule has 0 spiro atoms. The van der Waals surface area contributed by atoms with E-state index in [9.17, 15) is 27.2 Å². The monoisotopic (exact) mass is 625 g/mol. The highest BCUT2D eigenvalue weighted by molar-refractivity contribution is 7.98. The van der Waals surface area contributed by atoms with Crippen molar-refractivity contribution in [2.75, 3.05) is 6.54 Å². The molecule has 44 heavy (non-hydrogen) atoms. The summed E-state index contributed by atoms with van der Waals surface area (Å²) in [6.07, 6.45) is -1.52. The highest BCUT2D eigenvalue weighted by Crippen LogP contribution is 2.32. The van der Waals surface area contributed by atoms with Gasteiger partial charge in [0.2, 0.25) is 5.91 Å². The Balaban J connectivity index is 1.29. The van der Waals surface area contributed by atoms with Crippen molar-refractivity contribution in [3.05, 3.63) is 117 Å². The molecule has 1 amide bonds. The van der Waals surface area contributed by atoms with Crippen molar-refractivity contribution in [1.29, 1.82) is 0 Å². The normalized spacial score (nSPS) is 12.7. The minimum absolute atomic E-state index is 0.0382. The van der Waals surface area contributed by atoms with Gasteiger partial charge in [-0.25, -0.2) is 4.39 Å². The molecule has 0 aliphatic heterocycles. The van der Waals surface area contributed by atoms with Gasteiger partial charge < -0.3 is 14.2 Å². The van der Waals surface area contributed by atoms with E-state index in [-0.39, 0.29) is 29.6 Å². The first kappa shape index (κ1) is 31.3. The third-order valence-electron chi connectivity index (χ3n) is 7.34. The molecule has 230 valence electrons. The molecule has 5 rings (SSSR count). The van der Waals surface area contributed by atoms with Crippen LogP contribution in [0.25, 0.3) is 0 Å². The van der Waals surface area contributed by atoms with E-state index in [1.54, 1.807) is 29.2 Å². The van der Waals surface area contributed by atoms with E-state index in [2.05, 4.69) is 4.98 Å². The Morgan fingerprint density at radius 2 is 1.59 bits per heavy atom. The van der Waals surface area contributed by atoms with Gasteiger partial charge in [0.15, 0.2) is 5.16 Å². The van der Waals surface area contributed by atoms with Gasteiger partial charge in [0.1, 0.15) is 23.9 Å². The zero-order valence-corrected chi connectivity index (χ0v) is 24.9. The van der Waals surface area contributed by atoms with Gasteiger partial charge in [-0.3, -0.25) is 9.59 Å². The van der Waals surface area contributed by atoms with Gasteiger partial charge in [-0.05, 0) is 85.3 Å². The number of fused-ring (bicyclic) bond motifs is 1. The summed E-state index contributed by atoms with van der Waals surface area (Å²) in [6, 6.07) is 17.7. The topological polar surface area (TPSA) is 64.4 Å². The Labute approximate surface area is 256 Å². The second kappa shape index (κ2) is 13.7. The van der Waals surface area contributed by atoms with E-state index in [1.165, 1.54) is 36.0 Å². The van der Waals surface area contributed by atoms with Crippen molar-refractivity contribution < 1.29 is 27.1 Å². The Kier molecular flexibility index (Phi) is 9.73. The van der Waals surface area contributed by atoms with Gasteiger partial charge in [0.05, 0.1) is 5.56 Å². The predicted molar refractivity (Wildman–Crippen MR) is 160 cm³/mol. The fourth-order valence-corrected chi connectivity index (χ4v) is 6.08. The minimum Gasteiger partial charge on any atom is -0.457 e. The Morgan fingerprint density at radius 3 is 2.23 bits per heavy atom. The average Bonchev–Trinajstić information content (AvgIpc) is 3.50. The number of carbonyl (C=O) groups is 1. The van der Waals surface area contributed by atoms with E-state index in [0.29, 0.717) is 48.2 Å². The largest absolute Gasteiger partial charge is 0.457 e. The highest BCUT2D eigenvalue weighted by Gasteiger charge is 2.30. The lowest BCUT2D eigenvalue weighted by Crippen LogP contribution is -2.35. The van der Waals surface area contributed by atoms with Crippen LogP contribution in [-0.4, -0.2) is 26.9 Å². The highest BCUT2D eigenvalue weighted by atomic mass is 32.2. The number of carbonyl (C=O) groups excluding carboxylic acids is 1. The van der Waals surface area contributed by atoms with Crippen LogP contribution in [0.4, 0.5) is 17.6 Å². The molecule has 11 heteroatoms. The molecule has 3 aromatic carbocycles. The molecule has 0 bridgehead atoms. The molecule has 0 N–H and O–H groups in total. The summed E-state index contributed by atoms with van der Waals surface area (Å²) in [6.45, 7) is 2.90. The molecule has 4 aromatic rings. The first-order valence-electron chi connectivity index (χ1n) is 14.3. The second-order valence-corrected chi connectivity index (χ2v) is 11.5. The van der Waals surface area contributed by atoms with Crippen LogP contribution < -0.4 is 10.3 Å². The number of benzene rings is 3. The molecule has 0 saturated carbocycles. The third kappa shape index (κ3) is 7.68. The number of hydrogen-bond donors (Lipinski definition) is 0. The maximum Gasteiger partial charge on any atom is 0.416 e. The summed E-state index contributed by atoms with van der Waals surface area (Å²) in [5.74, 6) is 0.775. The van der Waals surface area contributed by atoms with Gasteiger partial charge in [-0.15, -0.1) is 0 Å². The lowest BCUT2D eigenvalue weighted by Gasteiger charge is -2.25. The fourth-order valence-electron chi connectivity index (χ4n) is 5.12. The number of halogens is 4. The number of aromatic nitrogens is 2. The van der Waals surface area contributed by atoms with E-state index >= 15 is 0 Å². The molecule has 6 nitrogen and oxygen atoms in total. The Hall–Kier alpha value is -4.12. The van der Waals surface area contributed by atoms with Crippen LogP contribution in [0.3, 0.4) is 0 Å². The maximum absolute atomic E-state index is 13.7. The number of thioether (sulfide) groups is 1. The van der Waals surface area contributed by atoms with Gasteiger partial charge in [0, 0.05) is 30.1 Å². The molecular formula is C33H31F4N3O3S. The minimum atomic E-state index is -4.42.